The van der Waals surface area contributed by atoms with Crippen molar-refractivity contribution in [2.24, 2.45) is 0 Å². The SMILES string of the molecule is COc1ccc(SC(=O)c2ccccc2)cc1OC. The van der Waals surface area contributed by atoms with Crippen LogP contribution < -0.4 is 9.47 Å². The Kier molecular flexibility index (Phi) is 4.47. The number of hydrogen-bond acceptors (Lipinski definition) is 4. The summed E-state index contributed by atoms with van der Waals surface area (Å²) in [4.78, 5) is 12.9. The highest BCUT2D eigenvalue weighted by Gasteiger charge is 2.10. The van der Waals surface area contributed by atoms with Crippen LogP contribution in [0.4, 0.5) is 0 Å². The van der Waals surface area contributed by atoms with Crippen molar-refractivity contribution in [1.82, 2.24) is 0 Å². The van der Waals surface area contributed by atoms with Crippen LogP contribution in [0.5, 0.6) is 11.5 Å². The second-order valence-corrected chi connectivity index (χ2v) is 4.82. The molecule has 0 fully saturated rings. The molecule has 0 amide bonds. The minimum atomic E-state index is 0.00724. The smallest absolute Gasteiger partial charge is 0.224 e. The van der Waals surface area contributed by atoms with Crippen molar-refractivity contribution in [3.05, 3.63) is 54.1 Å². The van der Waals surface area contributed by atoms with Gasteiger partial charge >= 0.3 is 0 Å². The molecule has 0 aliphatic rings. The summed E-state index contributed by atoms with van der Waals surface area (Å²) in [7, 11) is 3.16. The summed E-state index contributed by atoms with van der Waals surface area (Å²) in [6.45, 7) is 0. The first-order valence-corrected chi connectivity index (χ1v) is 6.55. The van der Waals surface area contributed by atoms with Gasteiger partial charge in [-0.3, -0.25) is 4.79 Å². The summed E-state index contributed by atoms with van der Waals surface area (Å²) in [5.74, 6) is 1.27. The lowest BCUT2D eigenvalue weighted by Gasteiger charge is -2.08. The van der Waals surface area contributed by atoms with E-state index in [2.05, 4.69) is 0 Å². The number of thioether (sulfide) groups is 1. The first-order chi connectivity index (χ1) is 9.24. The lowest BCUT2D eigenvalue weighted by Crippen LogP contribution is -1.94. The van der Waals surface area contributed by atoms with E-state index in [9.17, 15) is 4.79 Å². The van der Waals surface area contributed by atoms with E-state index < -0.39 is 0 Å². The number of benzene rings is 2. The molecule has 0 heterocycles. The molecule has 4 heteroatoms. The van der Waals surface area contributed by atoms with Crippen LogP contribution in [0.2, 0.25) is 0 Å². The highest BCUT2D eigenvalue weighted by molar-refractivity contribution is 8.14. The molecule has 0 saturated heterocycles. The number of hydrogen-bond donors (Lipinski definition) is 0. The van der Waals surface area contributed by atoms with E-state index in [1.165, 1.54) is 11.8 Å². The summed E-state index contributed by atoms with van der Waals surface area (Å²) < 4.78 is 10.4. The highest BCUT2D eigenvalue weighted by Crippen LogP contribution is 2.33. The molecule has 0 aliphatic carbocycles. The maximum absolute atomic E-state index is 12.1. The third kappa shape index (κ3) is 3.29. The van der Waals surface area contributed by atoms with Gasteiger partial charge in [0, 0.05) is 10.5 Å². The number of ether oxygens (including phenoxy) is 2. The Bertz CT molecular complexity index is 567. The van der Waals surface area contributed by atoms with Gasteiger partial charge in [-0.2, -0.15) is 0 Å². The van der Waals surface area contributed by atoms with Crippen LogP contribution in [0.15, 0.2) is 53.4 Å². The van der Waals surface area contributed by atoms with Crippen LogP contribution in [0.3, 0.4) is 0 Å². The Balaban J connectivity index is 2.18. The van der Waals surface area contributed by atoms with Crippen LogP contribution in [-0.2, 0) is 0 Å². The van der Waals surface area contributed by atoms with E-state index in [1.807, 2.05) is 24.3 Å². The Morgan fingerprint density at radius 3 is 2.26 bits per heavy atom. The fraction of sp³-hybridized carbons (Fsp3) is 0.133. The molecule has 0 atom stereocenters. The van der Waals surface area contributed by atoms with E-state index in [0.717, 1.165) is 4.90 Å². The molecule has 0 unspecified atom stereocenters. The maximum atomic E-state index is 12.1. The fourth-order valence-electron chi connectivity index (χ4n) is 1.62. The van der Waals surface area contributed by atoms with Gasteiger partial charge in [0.05, 0.1) is 14.2 Å². The molecule has 19 heavy (non-hydrogen) atoms. The Morgan fingerprint density at radius 2 is 1.63 bits per heavy atom. The summed E-state index contributed by atoms with van der Waals surface area (Å²) in [5, 5.41) is 0.00724. The van der Waals surface area contributed by atoms with Gasteiger partial charge in [0.1, 0.15) is 0 Å². The molecule has 0 bridgehead atoms. The van der Waals surface area contributed by atoms with Gasteiger partial charge in [-0.1, -0.05) is 30.3 Å². The molecule has 0 aliphatic heterocycles. The van der Waals surface area contributed by atoms with E-state index in [1.54, 1.807) is 38.5 Å². The third-order valence-corrected chi connectivity index (χ3v) is 3.49. The Morgan fingerprint density at radius 1 is 0.947 bits per heavy atom. The van der Waals surface area contributed by atoms with Crippen molar-refractivity contribution in [3.8, 4) is 11.5 Å². The zero-order valence-corrected chi connectivity index (χ0v) is 11.6. The molecule has 2 rings (SSSR count). The van der Waals surface area contributed by atoms with Crippen molar-refractivity contribution in [3.63, 3.8) is 0 Å². The molecule has 0 saturated carbocycles. The summed E-state index contributed by atoms with van der Waals surface area (Å²) in [6.07, 6.45) is 0. The largest absolute Gasteiger partial charge is 0.493 e. The van der Waals surface area contributed by atoms with Crippen LogP contribution in [0.1, 0.15) is 10.4 Å². The molecule has 0 spiro atoms. The fourth-order valence-corrected chi connectivity index (χ4v) is 2.39. The van der Waals surface area contributed by atoms with Gasteiger partial charge in [-0.15, -0.1) is 0 Å². The molecule has 2 aromatic rings. The van der Waals surface area contributed by atoms with Crippen LogP contribution >= 0.6 is 11.8 Å². The van der Waals surface area contributed by atoms with Gasteiger partial charge in [0.15, 0.2) is 11.5 Å². The van der Waals surface area contributed by atoms with Crippen LogP contribution in [0, 0.1) is 0 Å². The Hall–Kier alpha value is -1.94. The van der Waals surface area contributed by atoms with E-state index in [0.29, 0.717) is 17.1 Å². The first-order valence-electron chi connectivity index (χ1n) is 5.74. The van der Waals surface area contributed by atoms with Gasteiger partial charge in [-0.05, 0) is 30.0 Å². The summed E-state index contributed by atoms with van der Waals surface area (Å²) in [5.41, 5.74) is 0.683. The van der Waals surface area contributed by atoms with E-state index in [4.69, 9.17) is 9.47 Å². The van der Waals surface area contributed by atoms with Gasteiger partial charge in [-0.25, -0.2) is 0 Å². The van der Waals surface area contributed by atoms with Crippen LogP contribution in [0.25, 0.3) is 0 Å². The molecule has 98 valence electrons. The average Bonchev–Trinajstić information content (AvgIpc) is 2.48. The van der Waals surface area contributed by atoms with Crippen molar-refractivity contribution in [2.75, 3.05) is 14.2 Å². The van der Waals surface area contributed by atoms with Crippen molar-refractivity contribution in [1.29, 1.82) is 0 Å². The van der Waals surface area contributed by atoms with Crippen molar-refractivity contribution < 1.29 is 14.3 Å². The van der Waals surface area contributed by atoms with Gasteiger partial charge in [0.25, 0.3) is 0 Å². The lowest BCUT2D eigenvalue weighted by atomic mass is 10.2. The quantitative estimate of drug-likeness (QED) is 0.797. The lowest BCUT2D eigenvalue weighted by molar-refractivity contribution is 0.108. The number of methoxy groups -OCH3 is 2. The van der Waals surface area contributed by atoms with Gasteiger partial charge < -0.3 is 9.47 Å². The van der Waals surface area contributed by atoms with Gasteiger partial charge in [0.2, 0.25) is 5.12 Å². The molecule has 0 aromatic heterocycles. The first kappa shape index (κ1) is 13.5. The van der Waals surface area contributed by atoms with Crippen molar-refractivity contribution >= 4 is 16.9 Å². The molecular weight excluding hydrogens is 260 g/mol. The van der Waals surface area contributed by atoms with E-state index >= 15 is 0 Å². The zero-order valence-electron chi connectivity index (χ0n) is 10.8. The maximum Gasteiger partial charge on any atom is 0.224 e. The minimum Gasteiger partial charge on any atom is -0.493 e. The summed E-state index contributed by atoms with van der Waals surface area (Å²) in [6, 6.07) is 14.6. The standard InChI is InChI=1S/C15H14O3S/c1-17-13-9-8-12(10-14(13)18-2)19-15(16)11-6-4-3-5-7-11/h3-10H,1-2H3. The van der Waals surface area contributed by atoms with Crippen molar-refractivity contribution in [2.45, 2.75) is 4.90 Å². The Labute approximate surface area is 116 Å². The normalized spacial score (nSPS) is 10.0. The van der Waals surface area contributed by atoms with Crippen LogP contribution in [-0.4, -0.2) is 19.3 Å². The molecule has 2 aromatic carbocycles. The monoisotopic (exact) mass is 274 g/mol. The second-order valence-electron chi connectivity index (χ2n) is 3.77. The topological polar surface area (TPSA) is 35.5 Å². The third-order valence-electron chi connectivity index (χ3n) is 2.58. The number of carbonyl (C=O) groups is 1. The second kappa shape index (κ2) is 6.29. The van der Waals surface area contributed by atoms with E-state index in [-0.39, 0.29) is 5.12 Å². The predicted molar refractivity (Wildman–Crippen MR) is 76.2 cm³/mol. The molecule has 3 nitrogen and oxygen atoms in total. The number of rotatable bonds is 4. The highest BCUT2D eigenvalue weighted by atomic mass is 32.2. The number of carbonyl (C=O) groups excluding carboxylic acids is 1. The molecule has 0 radical (unpaired) electrons. The predicted octanol–water partition coefficient (Wildman–Crippen LogP) is 3.64. The minimum absolute atomic E-state index is 0.00724. The molecular formula is C15H14O3S. The average molecular weight is 274 g/mol. The zero-order chi connectivity index (χ0) is 13.7. The summed E-state index contributed by atoms with van der Waals surface area (Å²) >= 11 is 1.17. The molecule has 0 N–H and O–H groups in total.